The van der Waals surface area contributed by atoms with E-state index < -0.39 is 0 Å². The molecule has 23 heavy (non-hydrogen) atoms. The Hall–Kier alpha value is -1.31. The molecule has 1 aromatic rings. The number of benzene rings is 1. The molecule has 0 heterocycles. The minimum atomic E-state index is -0.0685. The number of halogens is 1. The van der Waals surface area contributed by atoms with E-state index in [1.165, 1.54) is 12.8 Å². The van der Waals surface area contributed by atoms with E-state index in [2.05, 4.69) is 34.8 Å². The summed E-state index contributed by atoms with van der Waals surface area (Å²) < 4.78 is 0. The summed E-state index contributed by atoms with van der Waals surface area (Å²) in [6.45, 7) is 6.63. The standard InChI is InChI=1S/C17H28N4O.HI/c1-4-6-7-12-20-17(19-5-2)21-13-14-8-10-15(11-9-14)16(22)18-3;/h8-11H,4-7,12-13H2,1-3H3,(H,18,22)(H2,19,20,21);1H. The van der Waals surface area contributed by atoms with Gasteiger partial charge >= 0.3 is 0 Å². The van der Waals surface area contributed by atoms with Gasteiger partial charge in [0, 0.05) is 25.7 Å². The molecule has 0 saturated carbocycles. The molecule has 0 aliphatic carbocycles. The predicted molar refractivity (Wildman–Crippen MR) is 108 cm³/mol. The monoisotopic (exact) mass is 432 g/mol. The van der Waals surface area contributed by atoms with Crippen molar-refractivity contribution in [3.63, 3.8) is 0 Å². The predicted octanol–water partition coefficient (Wildman–Crippen LogP) is 2.91. The SMILES string of the molecule is CCCCCNC(=NCc1ccc(C(=O)NC)cc1)NCC.I. The molecule has 3 N–H and O–H groups in total. The second kappa shape index (κ2) is 13.2. The summed E-state index contributed by atoms with van der Waals surface area (Å²) in [6.07, 6.45) is 3.60. The van der Waals surface area contributed by atoms with Crippen molar-refractivity contribution in [2.75, 3.05) is 20.1 Å². The fourth-order valence-corrected chi connectivity index (χ4v) is 2.00. The Balaban J connectivity index is 0.00000484. The van der Waals surface area contributed by atoms with Gasteiger partial charge in [0.2, 0.25) is 0 Å². The van der Waals surface area contributed by atoms with E-state index in [0.717, 1.165) is 31.0 Å². The number of nitrogens with zero attached hydrogens (tertiary/aromatic N) is 1. The first kappa shape index (κ1) is 21.7. The number of nitrogens with one attached hydrogen (secondary N) is 3. The van der Waals surface area contributed by atoms with Gasteiger partial charge in [-0.05, 0) is 31.0 Å². The van der Waals surface area contributed by atoms with E-state index in [-0.39, 0.29) is 29.9 Å². The van der Waals surface area contributed by atoms with Crippen LogP contribution >= 0.6 is 24.0 Å². The second-order valence-electron chi connectivity index (χ2n) is 5.11. The van der Waals surface area contributed by atoms with E-state index in [1.807, 2.05) is 24.3 Å². The van der Waals surface area contributed by atoms with Crippen molar-refractivity contribution >= 4 is 35.8 Å². The van der Waals surface area contributed by atoms with Crippen LogP contribution in [0.3, 0.4) is 0 Å². The summed E-state index contributed by atoms with van der Waals surface area (Å²) in [5.41, 5.74) is 1.75. The molecule has 130 valence electrons. The number of amides is 1. The third-order valence-electron chi connectivity index (χ3n) is 3.28. The van der Waals surface area contributed by atoms with Gasteiger partial charge in [0.05, 0.1) is 6.54 Å². The van der Waals surface area contributed by atoms with Crippen LogP contribution in [-0.4, -0.2) is 32.0 Å². The van der Waals surface area contributed by atoms with E-state index >= 15 is 0 Å². The zero-order chi connectivity index (χ0) is 16.2. The molecular formula is C17H29IN4O. The Morgan fingerprint density at radius 3 is 2.35 bits per heavy atom. The molecule has 0 atom stereocenters. The number of aliphatic imine (C=N–C) groups is 1. The highest BCUT2D eigenvalue weighted by molar-refractivity contribution is 14.0. The first-order chi connectivity index (χ1) is 10.7. The van der Waals surface area contributed by atoms with Crippen LogP contribution in [0.4, 0.5) is 0 Å². The highest BCUT2D eigenvalue weighted by Gasteiger charge is 2.02. The zero-order valence-electron chi connectivity index (χ0n) is 14.3. The smallest absolute Gasteiger partial charge is 0.251 e. The molecule has 0 radical (unpaired) electrons. The Morgan fingerprint density at radius 2 is 1.78 bits per heavy atom. The first-order valence-corrected chi connectivity index (χ1v) is 8.04. The van der Waals surface area contributed by atoms with Crippen LogP contribution in [0, 0.1) is 0 Å². The lowest BCUT2D eigenvalue weighted by Gasteiger charge is -2.11. The molecule has 0 aliphatic rings. The minimum Gasteiger partial charge on any atom is -0.357 e. The van der Waals surface area contributed by atoms with Crippen LogP contribution in [-0.2, 0) is 6.54 Å². The number of carbonyl (C=O) groups excluding carboxylic acids is 1. The van der Waals surface area contributed by atoms with Crippen LogP contribution in [0.5, 0.6) is 0 Å². The summed E-state index contributed by atoms with van der Waals surface area (Å²) in [6, 6.07) is 7.53. The van der Waals surface area contributed by atoms with Gasteiger partial charge in [-0.15, -0.1) is 24.0 Å². The molecule has 0 bridgehead atoms. The second-order valence-corrected chi connectivity index (χ2v) is 5.11. The number of rotatable bonds is 8. The lowest BCUT2D eigenvalue weighted by atomic mass is 10.1. The summed E-state index contributed by atoms with van der Waals surface area (Å²) in [4.78, 5) is 16.1. The molecule has 0 spiro atoms. The average molecular weight is 432 g/mol. The van der Waals surface area contributed by atoms with Crippen molar-refractivity contribution in [3.05, 3.63) is 35.4 Å². The first-order valence-electron chi connectivity index (χ1n) is 8.04. The summed E-state index contributed by atoms with van der Waals surface area (Å²) >= 11 is 0. The van der Waals surface area contributed by atoms with Crippen molar-refractivity contribution in [3.8, 4) is 0 Å². The number of carbonyl (C=O) groups is 1. The highest BCUT2D eigenvalue weighted by Crippen LogP contribution is 2.05. The van der Waals surface area contributed by atoms with Gasteiger partial charge in [-0.25, -0.2) is 4.99 Å². The summed E-state index contributed by atoms with van der Waals surface area (Å²) in [5, 5.41) is 9.20. The molecule has 0 aliphatic heterocycles. The Labute approximate surface area is 156 Å². The van der Waals surface area contributed by atoms with Crippen molar-refractivity contribution in [1.29, 1.82) is 0 Å². The number of unbranched alkanes of at least 4 members (excludes halogenated alkanes) is 2. The fraction of sp³-hybridized carbons (Fsp3) is 0.529. The van der Waals surface area contributed by atoms with E-state index in [9.17, 15) is 4.79 Å². The molecular weight excluding hydrogens is 403 g/mol. The largest absolute Gasteiger partial charge is 0.357 e. The van der Waals surface area contributed by atoms with E-state index in [1.54, 1.807) is 7.05 Å². The Kier molecular flexibility index (Phi) is 12.4. The number of guanidine groups is 1. The van der Waals surface area contributed by atoms with Crippen molar-refractivity contribution in [2.45, 2.75) is 39.7 Å². The minimum absolute atomic E-state index is 0. The average Bonchev–Trinajstić information content (AvgIpc) is 2.56. The third-order valence-corrected chi connectivity index (χ3v) is 3.28. The van der Waals surface area contributed by atoms with Gasteiger partial charge in [-0.3, -0.25) is 4.79 Å². The Bertz CT molecular complexity index is 474. The molecule has 6 heteroatoms. The maximum atomic E-state index is 11.5. The number of hydrogen-bond donors (Lipinski definition) is 3. The van der Waals surface area contributed by atoms with Crippen LogP contribution in [0.15, 0.2) is 29.3 Å². The molecule has 1 rings (SSSR count). The van der Waals surface area contributed by atoms with Gasteiger partial charge in [-0.1, -0.05) is 31.9 Å². The van der Waals surface area contributed by atoms with Crippen LogP contribution in [0.1, 0.15) is 49.0 Å². The summed E-state index contributed by atoms with van der Waals surface area (Å²) in [7, 11) is 1.63. The maximum Gasteiger partial charge on any atom is 0.251 e. The fourth-order valence-electron chi connectivity index (χ4n) is 2.00. The Morgan fingerprint density at radius 1 is 1.09 bits per heavy atom. The van der Waals surface area contributed by atoms with Gasteiger partial charge in [-0.2, -0.15) is 0 Å². The summed E-state index contributed by atoms with van der Waals surface area (Å²) in [5.74, 6) is 0.773. The molecule has 0 fully saturated rings. The van der Waals surface area contributed by atoms with Crippen LogP contribution in [0.2, 0.25) is 0 Å². The zero-order valence-corrected chi connectivity index (χ0v) is 16.6. The molecule has 1 aromatic carbocycles. The van der Waals surface area contributed by atoms with Crippen molar-refractivity contribution in [2.24, 2.45) is 4.99 Å². The lowest BCUT2D eigenvalue weighted by Crippen LogP contribution is -2.37. The van der Waals surface area contributed by atoms with Gasteiger partial charge in [0.1, 0.15) is 0 Å². The molecule has 1 amide bonds. The molecule has 0 saturated heterocycles. The number of hydrogen-bond acceptors (Lipinski definition) is 2. The van der Waals surface area contributed by atoms with E-state index in [4.69, 9.17) is 0 Å². The third kappa shape index (κ3) is 8.78. The molecule has 0 unspecified atom stereocenters. The quantitative estimate of drug-likeness (QED) is 0.256. The van der Waals surface area contributed by atoms with Gasteiger partial charge in [0.25, 0.3) is 5.91 Å². The van der Waals surface area contributed by atoms with Crippen molar-refractivity contribution in [1.82, 2.24) is 16.0 Å². The normalized spacial score (nSPS) is 10.7. The van der Waals surface area contributed by atoms with E-state index in [0.29, 0.717) is 12.1 Å². The maximum absolute atomic E-state index is 11.5. The van der Waals surface area contributed by atoms with Crippen molar-refractivity contribution < 1.29 is 4.79 Å². The molecule has 5 nitrogen and oxygen atoms in total. The van der Waals surface area contributed by atoms with Crippen LogP contribution < -0.4 is 16.0 Å². The topological polar surface area (TPSA) is 65.5 Å². The van der Waals surface area contributed by atoms with Gasteiger partial charge in [0.15, 0.2) is 5.96 Å². The highest BCUT2D eigenvalue weighted by atomic mass is 127. The van der Waals surface area contributed by atoms with Gasteiger partial charge < -0.3 is 16.0 Å². The molecule has 0 aromatic heterocycles. The van der Waals surface area contributed by atoms with Crippen LogP contribution in [0.25, 0.3) is 0 Å². The lowest BCUT2D eigenvalue weighted by molar-refractivity contribution is 0.0963.